The van der Waals surface area contributed by atoms with Gasteiger partial charge in [-0.25, -0.2) is 0 Å². The highest BCUT2D eigenvalue weighted by atomic mass is 79.9. The number of hydrogen-bond donors (Lipinski definition) is 0. The number of furan rings is 1. The number of benzene rings is 1. The molecule has 0 spiro atoms. The van der Waals surface area contributed by atoms with E-state index in [9.17, 15) is 0 Å². The van der Waals surface area contributed by atoms with E-state index in [-0.39, 0.29) is 0 Å². The second-order valence-electron chi connectivity index (χ2n) is 5.45. The zero-order chi connectivity index (χ0) is 14.9. The molecule has 1 fully saturated rings. The maximum atomic E-state index is 5.35. The fourth-order valence-corrected chi connectivity index (χ4v) is 2.87. The minimum Gasteiger partial charge on any atom is -0.461 e. The van der Waals surface area contributed by atoms with E-state index in [1.54, 1.807) is 6.26 Å². The summed E-state index contributed by atoms with van der Waals surface area (Å²) in [6, 6.07) is 12.1. The number of aromatic nitrogens is 2. The van der Waals surface area contributed by atoms with Crippen LogP contribution in [0.15, 0.2) is 56.1 Å². The molecule has 3 heterocycles. The molecular weight excluding hydrogens is 346 g/mol. The Morgan fingerprint density at radius 2 is 2.00 bits per heavy atom. The minimum absolute atomic E-state index is 0.312. The van der Waals surface area contributed by atoms with Gasteiger partial charge < -0.3 is 8.94 Å². The van der Waals surface area contributed by atoms with Crippen LogP contribution in [0.4, 0.5) is 0 Å². The van der Waals surface area contributed by atoms with Gasteiger partial charge in [-0.3, -0.25) is 4.90 Å². The van der Waals surface area contributed by atoms with Crippen LogP contribution in [0.25, 0.3) is 11.6 Å². The molecule has 0 aliphatic carbocycles. The van der Waals surface area contributed by atoms with Crippen LogP contribution in [0, 0.1) is 0 Å². The first-order valence-corrected chi connectivity index (χ1v) is 7.91. The van der Waals surface area contributed by atoms with E-state index in [0.29, 0.717) is 23.4 Å². The fourth-order valence-electron chi connectivity index (χ4n) is 2.61. The third-order valence-electron chi connectivity index (χ3n) is 3.81. The highest BCUT2D eigenvalue weighted by Gasteiger charge is 2.32. The first-order chi connectivity index (χ1) is 10.8. The summed E-state index contributed by atoms with van der Waals surface area (Å²) < 4.78 is 11.7. The van der Waals surface area contributed by atoms with E-state index < -0.39 is 0 Å². The van der Waals surface area contributed by atoms with Crippen molar-refractivity contribution in [3.8, 4) is 11.6 Å². The standard InChI is InChI=1S/C16H14BrN3O2/c17-13-5-3-11(4-6-13)8-20-9-12(10-20)16-18-15(19-22-16)14-2-1-7-21-14/h1-7,12H,8-10H2. The third-order valence-corrected chi connectivity index (χ3v) is 4.34. The van der Waals surface area contributed by atoms with E-state index in [1.807, 2.05) is 12.1 Å². The minimum atomic E-state index is 0.312. The van der Waals surface area contributed by atoms with Crippen molar-refractivity contribution in [2.45, 2.75) is 12.5 Å². The molecule has 22 heavy (non-hydrogen) atoms. The summed E-state index contributed by atoms with van der Waals surface area (Å²) in [5.74, 6) is 2.16. The van der Waals surface area contributed by atoms with Gasteiger partial charge in [0.25, 0.3) is 0 Å². The lowest BCUT2D eigenvalue weighted by molar-refractivity contribution is 0.117. The summed E-state index contributed by atoms with van der Waals surface area (Å²) in [5, 5.41) is 3.98. The van der Waals surface area contributed by atoms with E-state index in [4.69, 9.17) is 8.94 Å². The third kappa shape index (κ3) is 2.71. The van der Waals surface area contributed by atoms with Crippen molar-refractivity contribution in [3.63, 3.8) is 0 Å². The van der Waals surface area contributed by atoms with Crippen molar-refractivity contribution in [2.24, 2.45) is 0 Å². The van der Waals surface area contributed by atoms with Crippen LogP contribution in [0.2, 0.25) is 0 Å². The Balaban J connectivity index is 1.36. The van der Waals surface area contributed by atoms with Gasteiger partial charge in [-0.2, -0.15) is 4.98 Å². The molecule has 0 radical (unpaired) electrons. The Kier molecular flexibility index (Phi) is 3.56. The SMILES string of the molecule is Brc1ccc(CN2CC(c3nc(-c4ccco4)no3)C2)cc1. The average Bonchev–Trinajstić information content (AvgIpc) is 3.15. The molecule has 1 aliphatic heterocycles. The molecule has 3 aromatic rings. The molecule has 0 saturated carbocycles. The molecule has 0 amide bonds. The lowest BCUT2D eigenvalue weighted by Crippen LogP contribution is -2.44. The zero-order valence-corrected chi connectivity index (χ0v) is 13.4. The van der Waals surface area contributed by atoms with Crippen LogP contribution in [-0.2, 0) is 6.54 Å². The molecule has 112 valence electrons. The van der Waals surface area contributed by atoms with Crippen LogP contribution in [0.5, 0.6) is 0 Å². The first-order valence-electron chi connectivity index (χ1n) is 7.12. The monoisotopic (exact) mass is 359 g/mol. The van der Waals surface area contributed by atoms with Gasteiger partial charge in [0.15, 0.2) is 5.76 Å². The van der Waals surface area contributed by atoms with Gasteiger partial charge >= 0.3 is 0 Å². The molecule has 0 unspecified atom stereocenters. The highest BCUT2D eigenvalue weighted by Crippen LogP contribution is 2.29. The van der Waals surface area contributed by atoms with Gasteiger partial charge in [0.1, 0.15) is 0 Å². The van der Waals surface area contributed by atoms with E-state index in [1.165, 1.54) is 5.56 Å². The molecular formula is C16H14BrN3O2. The predicted octanol–water partition coefficient (Wildman–Crippen LogP) is 3.69. The smallest absolute Gasteiger partial charge is 0.238 e. The molecule has 2 aromatic heterocycles. The molecule has 4 rings (SSSR count). The van der Waals surface area contributed by atoms with Crippen molar-refractivity contribution >= 4 is 15.9 Å². The Hall–Kier alpha value is -1.92. The average molecular weight is 360 g/mol. The topological polar surface area (TPSA) is 55.3 Å². The fraction of sp³-hybridized carbons (Fsp3) is 0.250. The predicted molar refractivity (Wildman–Crippen MR) is 84.2 cm³/mol. The van der Waals surface area contributed by atoms with Gasteiger partial charge in [0, 0.05) is 24.1 Å². The Morgan fingerprint density at radius 1 is 1.18 bits per heavy atom. The second kappa shape index (κ2) is 5.70. The van der Waals surface area contributed by atoms with E-state index >= 15 is 0 Å². The van der Waals surface area contributed by atoms with Crippen molar-refractivity contribution < 1.29 is 8.94 Å². The number of halogens is 1. The Bertz CT molecular complexity index is 746. The number of rotatable bonds is 4. The summed E-state index contributed by atoms with van der Waals surface area (Å²) in [4.78, 5) is 6.79. The number of likely N-dealkylation sites (tertiary alicyclic amines) is 1. The van der Waals surface area contributed by atoms with Gasteiger partial charge in [-0.05, 0) is 29.8 Å². The van der Waals surface area contributed by atoms with Crippen molar-refractivity contribution in [1.29, 1.82) is 0 Å². The van der Waals surface area contributed by atoms with Gasteiger partial charge in [0.05, 0.1) is 12.2 Å². The normalized spacial score (nSPS) is 15.9. The lowest BCUT2D eigenvalue weighted by Gasteiger charge is -2.37. The first kappa shape index (κ1) is 13.7. The Labute approximate surface area is 136 Å². The summed E-state index contributed by atoms with van der Waals surface area (Å²) in [5.41, 5.74) is 1.31. The van der Waals surface area contributed by atoms with Gasteiger partial charge in [-0.1, -0.05) is 33.2 Å². The van der Waals surface area contributed by atoms with Gasteiger partial charge in [0.2, 0.25) is 11.7 Å². The number of hydrogen-bond acceptors (Lipinski definition) is 5. The summed E-state index contributed by atoms with van der Waals surface area (Å²) in [7, 11) is 0. The van der Waals surface area contributed by atoms with Crippen molar-refractivity contribution in [2.75, 3.05) is 13.1 Å². The van der Waals surface area contributed by atoms with Crippen molar-refractivity contribution in [1.82, 2.24) is 15.0 Å². The zero-order valence-electron chi connectivity index (χ0n) is 11.8. The maximum Gasteiger partial charge on any atom is 0.238 e. The van der Waals surface area contributed by atoms with E-state index in [0.717, 1.165) is 24.1 Å². The van der Waals surface area contributed by atoms with Crippen LogP contribution in [-0.4, -0.2) is 28.1 Å². The molecule has 1 aromatic carbocycles. The van der Waals surface area contributed by atoms with Crippen LogP contribution in [0.1, 0.15) is 17.4 Å². The van der Waals surface area contributed by atoms with Gasteiger partial charge in [-0.15, -0.1) is 0 Å². The maximum absolute atomic E-state index is 5.35. The molecule has 1 aliphatic rings. The summed E-state index contributed by atoms with van der Waals surface area (Å²) in [6.45, 7) is 2.83. The Morgan fingerprint density at radius 3 is 2.73 bits per heavy atom. The molecule has 0 bridgehead atoms. The highest BCUT2D eigenvalue weighted by molar-refractivity contribution is 9.10. The van der Waals surface area contributed by atoms with Crippen LogP contribution < -0.4 is 0 Å². The largest absolute Gasteiger partial charge is 0.461 e. The van der Waals surface area contributed by atoms with Crippen molar-refractivity contribution in [3.05, 3.63) is 58.6 Å². The molecule has 5 nitrogen and oxygen atoms in total. The molecule has 0 atom stereocenters. The molecule has 0 N–H and O–H groups in total. The second-order valence-corrected chi connectivity index (χ2v) is 6.37. The van der Waals surface area contributed by atoms with Crippen LogP contribution in [0.3, 0.4) is 0 Å². The van der Waals surface area contributed by atoms with Crippen LogP contribution >= 0.6 is 15.9 Å². The summed E-state index contributed by atoms with van der Waals surface area (Å²) >= 11 is 3.45. The molecule has 1 saturated heterocycles. The summed E-state index contributed by atoms with van der Waals surface area (Å²) in [6.07, 6.45) is 1.61. The van der Waals surface area contributed by atoms with E-state index in [2.05, 4.69) is 55.2 Å². The quantitative estimate of drug-likeness (QED) is 0.710. The lowest BCUT2D eigenvalue weighted by atomic mass is 9.99. The molecule has 6 heteroatoms. The number of nitrogens with zero attached hydrogens (tertiary/aromatic N) is 3.